The van der Waals surface area contributed by atoms with Gasteiger partial charge in [0.05, 0.1) is 11.4 Å². The predicted molar refractivity (Wildman–Crippen MR) is 67.2 cm³/mol. The highest BCUT2D eigenvalue weighted by molar-refractivity contribution is 5.66. The second-order valence-corrected chi connectivity index (χ2v) is 3.80. The summed E-state index contributed by atoms with van der Waals surface area (Å²) in [6, 6.07) is 9.99. The lowest BCUT2D eigenvalue weighted by Gasteiger charge is -2.09. The van der Waals surface area contributed by atoms with E-state index in [9.17, 15) is 0 Å². The largest absolute Gasteiger partial charge is 0.397 e. The summed E-state index contributed by atoms with van der Waals surface area (Å²) in [5.74, 6) is 0. The van der Waals surface area contributed by atoms with Gasteiger partial charge in [-0.3, -0.25) is 4.98 Å². The molecule has 1 heterocycles. The molecule has 3 nitrogen and oxygen atoms in total. The maximum Gasteiger partial charge on any atom is 0.0576 e. The van der Waals surface area contributed by atoms with Crippen LogP contribution in [0.3, 0.4) is 0 Å². The van der Waals surface area contributed by atoms with Crippen LogP contribution in [0.2, 0.25) is 0 Å². The number of aromatic nitrogens is 1. The van der Waals surface area contributed by atoms with Crippen LogP contribution in [-0.4, -0.2) is 4.98 Å². The van der Waals surface area contributed by atoms with E-state index in [0.29, 0.717) is 0 Å². The smallest absolute Gasteiger partial charge is 0.0576 e. The monoisotopic (exact) mass is 213 g/mol. The number of nitrogens with two attached hydrogens (primary N) is 1. The Morgan fingerprint density at radius 3 is 2.62 bits per heavy atom. The number of nitrogens with zero attached hydrogens (tertiary/aromatic N) is 1. The van der Waals surface area contributed by atoms with E-state index in [2.05, 4.69) is 10.3 Å². The minimum Gasteiger partial charge on any atom is -0.397 e. The summed E-state index contributed by atoms with van der Waals surface area (Å²) in [5.41, 5.74) is 10.0. The van der Waals surface area contributed by atoms with Crippen molar-refractivity contribution >= 4 is 11.4 Å². The van der Waals surface area contributed by atoms with Crippen molar-refractivity contribution < 1.29 is 0 Å². The topological polar surface area (TPSA) is 50.9 Å². The Hall–Kier alpha value is -2.03. The van der Waals surface area contributed by atoms with Crippen molar-refractivity contribution in [1.29, 1.82) is 0 Å². The second-order valence-electron chi connectivity index (χ2n) is 3.80. The van der Waals surface area contributed by atoms with Crippen molar-refractivity contribution in [2.24, 2.45) is 0 Å². The molecule has 1 aromatic heterocycles. The van der Waals surface area contributed by atoms with E-state index in [4.69, 9.17) is 5.73 Å². The molecule has 16 heavy (non-hydrogen) atoms. The third-order valence-corrected chi connectivity index (χ3v) is 2.44. The zero-order valence-corrected chi connectivity index (χ0v) is 9.27. The van der Waals surface area contributed by atoms with Gasteiger partial charge in [-0.2, -0.15) is 0 Å². The molecule has 82 valence electrons. The zero-order chi connectivity index (χ0) is 11.4. The molecule has 1 aromatic carbocycles. The van der Waals surface area contributed by atoms with Crippen molar-refractivity contribution in [2.45, 2.75) is 13.5 Å². The van der Waals surface area contributed by atoms with E-state index >= 15 is 0 Å². The fraction of sp³-hybridized carbons (Fsp3) is 0.154. The van der Waals surface area contributed by atoms with Crippen LogP contribution in [-0.2, 0) is 6.54 Å². The van der Waals surface area contributed by atoms with Gasteiger partial charge in [0.25, 0.3) is 0 Å². The number of aryl methyl sites for hydroxylation is 1. The zero-order valence-electron chi connectivity index (χ0n) is 9.27. The fourth-order valence-electron chi connectivity index (χ4n) is 1.54. The van der Waals surface area contributed by atoms with Crippen molar-refractivity contribution in [1.82, 2.24) is 4.98 Å². The first-order valence-electron chi connectivity index (χ1n) is 5.24. The van der Waals surface area contributed by atoms with E-state index in [1.807, 2.05) is 37.3 Å². The van der Waals surface area contributed by atoms with Crippen LogP contribution in [0.15, 0.2) is 42.7 Å². The standard InChI is InChI=1S/C13H15N3/c1-10-2-3-13(12(14)8-10)16-9-11-4-6-15-7-5-11/h2-8,16H,9,14H2,1H3. The molecule has 0 atom stereocenters. The second kappa shape index (κ2) is 4.66. The average molecular weight is 213 g/mol. The van der Waals surface area contributed by atoms with Crippen LogP contribution in [0, 0.1) is 6.92 Å². The molecule has 0 saturated heterocycles. The minimum atomic E-state index is 0.760. The lowest BCUT2D eigenvalue weighted by molar-refractivity contribution is 1.13. The molecule has 3 heteroatoms. The third-order valence-electron chi connectivity index (χ3n) is 2.44. The molecule has 0 aliphatic carbocycles. The van der Waals surface area contributed by atoms with Crippen LogP contribution in [0.1, 0.15) is 11.1 Å². The normalized spacial score (nSPS) is 10.1. The van der Waals surface area contributed by atoms with E-state index < -0.39 is 0 Å². The molecule has 3 N–H and O–H groups in total. The highest BCUT2D eigenvalue weighted by Gasteiger charge is 1.98. The Labute approximate surface area is 95.3 Å². The average Bonchev–Trinajstić information content (AvgIpc) is 2.29. The first-order valence-corrected chi connectivity index (χ1v) is 5.24. The van der Waals surface area contributed by atoms with Gasteiger partial charge in [0.15, 0.2) is 0 Å². The minimum absolute atomic E-state index is 0.760. The Morgan fingerprint density at radius 1 is 1.19 bits per heavy atom. The Bertz CT molecular complexity index is 466. The van der Waals surface area contributed by atoms with E-state index in [-0.39, 0.29) is 0 Å². The lowest BCUT2D eigenvalue weighted by Crippen LogP contribution is -2.02. The molecular formula is C13H15N3. The van der Waals surface area contributed by atoms with E-state index in [0.717, 1.165) is 17.9 Å². The van der Waals surface area contributed by atoms with Gasteiger partial charge in [0.1, 0.15) is 0 Å². The summed E-state index contributed by atoms with van der Waals surface area (Å²) in [6.45, 7) is 2.79. The summed E-state index contributed by atoms with van der Waals surface area (Å²) < 4.78 is 0. The van der Waals surface area contributed by atoms with Gasteiger partial charge in [-0.05, 0) is 42.3 Å². The summed E-state index contributed by atoms with van der Waals surface area (Å²) in [6.07, 6.45) is 3.57. The highest BCUT2D eigenvalue weighted by atomic mass is 14.9. The summed E-state index contributed by atoms with van der Waals surface area (Å²) in [5, 5.41) is 3.30. The molecular weight excluding hydrogens is 198 g/mol. The number of hydrogen-bond acceptors (Lipinski definition) is 3. The first-order chi connectivity index (χ1) is 7.75. The number of nitrogen functional groups attached to an aromatic ring is 1. The van der Waals surface area contributed by atoms with Crippen LogP contribution >= 0.6 is 0 Å². The van der Waals surface area contributed by atoms with Gasteiger partial charge in [-0.15, -0.1) is 0 Å². The number of benzene rings is 1. The quantitative estimate of drug-likeness (QED) is 0.770. The van der Waals surface area contributed by atoms with E-state index in [1.165, 1.54) is 11.1 Å². The molecule has 0 amide bonds. The summed E-state index contributed by atoms with van der Waals surface area (Å²) in [7, 11) is 0. The van der Waals surface area contributed by atoms with Gasteiger partial charge in [-0.25, -0.2) is 0 Å². The van der Waals surface area contributed by atoms with Gasteiger partial charge in [-0.1, -0.05) is 6.07 Å². The maximum atomic E-state index is 5.91. The van der Waals surface area contributed by atoms with Crippen molar-refractivity contribution in [3.8, 4) is 0 Å². The molecule has 0 unspecified atom stereocenters. The number of nitrogens with one attached hydrogen (secondary N) is 1. The number of anilines is 2. The number of pyridine rings is 1. The molecule has 0 bridgehead atoms. The van der Waals surface area contributed by atoms with Crippen LogP contribution < -0.4 is 11.1 Å². The van der Waals surface area contributed by atoms with Gasteiger partial charge < -0.3 is 11.1 Å². The molecule has 2 aromatic rings. The van der Waals surface area contributed by atoms with Gasteiger partial charge in [0.2, 0.25) is 0 Å². The molecule has 0 saturated carbocycles. The molecule has 0 aliphatic rings. The molecule has 0 spiro atoms. The van der Waals surface area contributed by atoms with Gasteiger partial charge >= 0.3 is 0 Å². The fourth-order valence-corrected chi connectivity index (χ4v) is 1.54. The Kier molecular flexibility index (Phi) is 3.05. The molecule has 2 rings (SSSR count). The van der Waals surface area contributed by atoms with Crippen LogP contribution in [0.25, 0.3) is 0 Å². The summed E-state index contributed by atoms with van der Waals surface area (Å²) >= 11 is 0. The first kappa shape index (κ1) is 10.5. The molecule has 0 aliphatic heterocycles. The Morgan fingerprint density at radius 2 is 1.94 bits per heavy atom. The Balaban J connectivity index is 2.05. The third kappa shape index (κ3) is 2.51. The van der Waals surface area contributed by atoms with Crippen LogP contribution in [0.4, 0.5) is 11.4 Å². The SMILES string of the molecule is Cc1ccc(NCc2ccncc2)c(N)c1. The predicted octanol–water partition coefficient (Wildman–Crippen LogP) is 2.58. The number of hydrogen-bond donors (Lipinski definition) is 2. The lowest BCUT2D eigenvalue weighted by atomic mass is 10.2. The van der Waals surface area contributed by atoms with Gasteiger partial charge in [0, 0.05) is 18.9 Å². The maximum absolute atomic E-state index is 5.91. The van der Waals surface area contributed by atoms with E-state index in [1.54, 1.807) is 12.4 Å². The summed E-state index contributed by atoms with van der Waals surface area (Å²) in [4.78, 5) is 3.98. The highest BCUT2D eigenvalue weighted by Crippen LogP contribution is 2.19. The van der Waals surface area contributed by atoms with Crippen molar-refractivity contribution in [2.75, 3.05) is 11.1 Å². The van der Waals surface area contributed by atoms with Crippen molar-refractivity contribution in [3.63, 3.8) is 0 Å². The van der Waals surface area contributed by atoms with Crippen LogP contribution in [0.5, 0.6) is 0 Å². The number of rotatable bonds is 3. The van der Waals surface area contributed by atoms with Crippen molar-refractivity contribution in [3.05, 3.63) is 53.9 Å². The molecule has 0 radical (unpaired) electrons. The molecule has 0 fully saturated rings.